The fraction of sp³-hybridized carbons (Fsp3) is 0.643. The molecule has 2 aromatic rings. The van der Waals surface area contributed by atoms with Crippen LogP contribution in [0.4, 0.5) is 0 Å². The van der Waals surface area contributed by atoms with Crippen LogP contribution in [0.1, 0.15) is 62.1 Å². The number of carbonyl (C=O) groups excluding carboxylic acids is 1. The van der Waals surface area contributed by atoms with Crippen LogP contribution in [0.5, 0.6) is 5.75 Å². The molecule has 2 aliphatic heterocycles. The zero-order chi connectivity index (χ0) is 24.8. The standard InChI is InChI=1S/C28H40N4O3/c1-20-17-29-32(18-20)12-8-26(34)30-13-9-27(25-16-24(33)7-4-21(25)2)10-14-31(19-23-5-6-23)22(3)28(27,35)11-15-30/h4,7,16-18,22-23,33,35H,5-6,8-15,19H2,1-3H3. The number of aromatic hydroxyl groups is 1. The smallest absolute Gasteiger partial charge is 0.224 e. The fourth-order valence-corrected chi connectivity index (χ4v) is 6.70. The second-order valence-electron chi connectivity index (χ2n) is 11.3. The Labute approximate surface area is 208 Å². The number of nitrogens with zero attached hydrogens (tertiary/aromatic N) is 4. The first-order chi connectivity index (χ1) is 16.7. The number of piperidine rings is 1. The van der Waals surface area contributed by atoms with Gasteiger partial charge in [-0.15, -0.1) is 0 Å². The molecule has 1 aliphatic carbocycles. The van der Waals surface area contributed by atoms with Gasteiger partial charge >= 0.3 is 0 Å². The highest BCUT2D eigenvalue weighted by atomic mass is 16.3. The number of phenols is 1. The molecule has 1 saturated carbocycles. The molecule has 0 radical (unpaired) electrons. The third kappa shape index (κ3) is 4.49. The van der Waals surface area contributed by atoms with Crippen molar-refractivity contribution in [3.05, 3.63) is 47.3 Å². The van der Waals surface area contributed by atoms with Gasteiger partial charge in [0.2, 0.25) is 5.91 Å². The highest BCUT2D eigenvalue weighted by molar-refractivity contribution is 5.76. The Balaban J connectivity index is 1.43. The van der Waals surface area contributed by atoms with E-state index in [4.69, 9.17) is 0 Å². The van der Waals surface area contributed by atoms with Crippen LogP contribution in [0.2, 0.25) is 0 Å². The minimum absolute atomic E-state index is 0.0132. The van der Waals surface area contributed by atoms with Crippen molar-refractivity contribution in [3.8, 4) is 5.75 Å². The monoisotopic (exact) mass is 480 g/mol. The molecule has 1 amide bonds. The second-order valence-corrected chi connectivity index (χ2v) is 11.3. The van der Waals surface area contributed by atoms with Crippen LogP contribution in [0.15, 0.2) is 30.6 Å². The number of benzene rings is 1. The normalized spacial score (nSPS) is 29.6. The molecule has 3 heterocycles. The first kappa shape index (κ1) is 24.3. The molecular formula is C28H40N4O3. The molecule has 1 aromatic carbocycles. The molecule has 3 atom stereocenters. The molecule has 2 N–H and O–H groups in total. The highest BCUT2D eigenvalue weighted by Gasteiger charge is 2.59. The predicted octanol–water partition coefficient (Wildman–Crippen LogP) is 3.39. The van der Waals surface area contributed by atoms with Gasteiger partial charge in [-0.2, -0.15) is 5.10 Å². The second kappa shape index (κ2) is 9.25. The summed E-state index contributed by atoms with van der Waals surface area (Å²) in [5, 5.41) is 27.3. The van der Waals surface area contributed by atoms with Gasteiger partial charge < -0.3 is 15.1 Å². The molecule has 3 aliphatic rings. The van der Waals surface area contributed by atoms with Gasteiger partial charge in [-0.05, 0) is 94.2 Å². The van der Waals surface area contributed by atoms with Crippen molar-refractivity contribution in [2.75, 3.05) is 26.2 Å². The van der Waals surface area contributed by atoms with Crippen molar-refractivity contribution in [1.82, 2.24) is 19.6 Å². The molecule has 0 bridgehead atoms. The number of carbonyl (C=O) groups is 1. The van der Waals surface area contributed by atoms with Crippen LogP contribution in [0.25, 0.3) is 0 Å². The Kier molecular flexibility index (Phi) is 6.43. The fourth-order valence-electron chi connectivity index (χ4n) is 6.70. The van der Waals surface area contributed by atoms with Gasteiger partial charge in [0.25, 0.3) is 0 Å². The van der Waals surface area contributed by atoms with Gasteiger partial charge in [-0.25, -0.2) is 0 Å². The number of aromatic nitrogens is 2. The minimum Gasteiger partial charge on any atom is -0.508 e. The molecule has 3 unspecified atom stereocenters. The van der Waals surface area contributed by atoms with Crippen LogP contribution >= 0.6 is 0 Å². The first-order valence-corrected chi connectivity index (χ1v) is 13.3. The number of rotatable bonds is 6. The van der Waals surface area contributed by atoms with E-state index >= 15 is 0 Å². The van der Waals surface area contributed by atoms with Gasteiger partial charge in [0, 0.05) is 50.3 Å². The Morgan fingerprint density at radius 3 is 2.60 bits per heavy atom. The predicted molar refractivity (Wildman–Crippen MR) is 135 cm³/mol. The summed E-state index contributed by atoms with van der Waals surface area (Å²) in [6.07, 6.45) is 8.82. The summed E-state index contributed by atoms with van der Waals surface area (Å²) >= 11 is 0. The number of hydrogen-bond acceptors (Lipinski definition) is 5. The third-order valence-electron chi connectivity index (χ3n) is 9.06. The summed E-state index contributed by atoms with van der Waals surface area (Å²) in [6, 6.07) is 5.53. The van der Waals surface area contributed by atoms with E-state index < -0.39 is 11.0 Å². The van der Waals surface area contributed by atoms with Crippen LogP contribution in [0, 0.1) is 19.8 Å². The van der Waals surface area contributed by atoms with Crippen molar-refractivity contribution in [1.29, 1.82) is 0 Å². The molecule has 35 heavy (non-hydrogen) atoms. The van der Waals surface area contributed by atoms with Crippen molar-refractivity contribution in [2.45, 2.75) is 82.9 Å². The van der Waals surface area contributed by atoms with Gasteiger partial charge in [0.1, 0.15) is 5.75 Å². The number of fused-ring (bicyclic) bond motifs is 1. The maximum absolute atomic E-state index is 13.3. The lowest BCUT2D eigenvalue weighted by atomic mass is 9.57. The average molecular weight is 481 g/mol. The number of amides is 1. The zero-order valence-corrected chi connectivity index (χ0v) is 21.4. The SMILES string of the molecule is Cc1cnn(CCC(=O)N2CCC3(c4cc(O)ccc4C)CCN(CC4CC4)C(C)C3(O)CC2)c1. The lowest BCUT2D eigenvalue weighted by molar-refractivity contribution is -0.137. The van der Waals surface area contributed by atoms with Crippen molar-refractivity contribution in [3.63, 3.8) is 0 Å². The Bertz CT molecular complexity index is 1080. The summed E-state index contributed by atoms with van der Waals surface area (Å²) in [5.41, 5.74) is 1.75. The van der Waals surface area contributed by atoms with E-state index in [2.05, 4.69) is 23.8 Å². The summed E-state index contributed by atoms with van der Waals surface area (Å²) < 4.78 is 1.83. The summed E-state index contributed by atoms with van der Waals surface area (Å²) in [5.74, 6) is 1.11. The van der Waals surface area contributed by atoms with E-state index in [1.165, 1.54) is 12.8 Å². The van der Waals surface area contributed by atoms with Crippen molar-refractivity contribution >= 4 is 5.91 Å². The first-order valence-electron chi connectivity index (χ1n) is 13.3. The number of phenolic OH excluding ortho intramolecular Hbond substituents is 1. The maximum atomic E-state index is 13.3. The van der Waals surface area contributed by atoms with E-state index in [1.807, 2.05) is 41.0 Å². The van der Waals surface area contributed by atoms with Gasteiger partial charge in [-0.1, -0.05) is 6.07 Å². The quantitative estimate of drug-likeness (QED) is 0.662. The largest absolute Gasteiger partial charge is 0.508 e. The number of aliphatic hydroxyl groups is 1. The Hall–Kier alpha value is -2.38. The number of likely N-dealkylation sites (tertiary alicyclic amines) is 2. The van der Waals surface area contributed by atoms with E-state index in [-0.39, 0.29) is 17.7 Å². The average Bonchev–Trinajstić information content (AvgIpc) is 3.58. The molecule has 2 saturated heterocycles. The molecule has 3 fully saturated rings. The molecule has 190 valence electrons. The highest BCUT2D eigenvalue weighted by Crippen LogP contribution is 2.53. The van der Waals surface area contributed by atoms with Crippen LogP contribution in [0.3, 0.4) is 0 Å². The van der Waals surface area contributed by atoms with Gasteiger partial charge in [0.05, 0.1) is 11.8 Å². The molecule has 5 rings (SSSR count). The van der Waals surface area contributed by atoms with Crippen LogP contribution in [-0.4, -0.2) is 73.5 Å². The summed E-state index contributed by atoms with van der Waals surface area (Å²) in [4.78, 5) is 17.7. The summed E-state index contributed by atoms with van der Waals surface area (Å²) in [7, 11) is 0. The molecular weight excluding hydrogens is 440 g/mol. The van der Waals surface area contributed by atoms with E-state index in [9.17, 15) is 15.0 Å². The Morgan fingerprint density at radius 2 is 1.89 bits per heavy atom. The minimum atomic E-state index is -0.979. The number of aryl methyl sites for hydroxylation is 3. The topological polar surface area (TPSA) is 81.8 Å². The molecule has 7 heteroatoms. The van der Waals surface area contributed by atoms with Crippen molar-refractivity contribution < 1.29 is 15.0 Å². The molecule has 7 nitrogen and oxygen atoms in total. The maximum Gasteiger partial charge on any atom is 0.224 e. The molecule has 1 aromatic heterocycles. The van der Waals surface area contributed by atoms with Crippen LogP contribution in [-0.2, 0) is 16.8 Å². The van der Waals surface area contributed by atoms with Gasteiger partial charge in [-0.3, -0.25) is 14.4 Å². The lowest BCUT2D eigenvalue weighted by Crippen LogP contribution is -2.68. The van der Waals surface area contributed by atoms with E-state index in [0.29, 0.717) is 38.9 Å². The van der Waals surface area contributed by atoms with E-state index in [0.717, 1.165) is 42.1 Å². The van der Waals surface area contributed by atoms with Crippen molar-refractivity contribution in [2.24, 2.45) is 5.92 Å². The van der Waals surface area contributed by atoms with Gasteiger partial charge in [0.15, 0.2) is 0 Å². The Morgan fingerprint density at radius 1 is 1.14 bits per heavy atom. The zero-order valence-electron chi connectivity index (χ0n) is 21.4. The van der Waals surface area contributed by atoms with Crippen LogP contribution < -0.4 is 0 Å². The van der Waals surface area contributed by atoms with E-state index in [1.54, 1.807) is 6.07 Å². The lowest BCUT2D eigenvalue weighted by Gasteiger charge is -2.57. The third-order valence-corrected chi connectivity index (χ3v) is 9.06. The molecule has 0 spiro atoms. The summed E-state index contributed by atoms with van der Waals surface area (Å²) in [6.45, 7) is 9.95. The number of hydrogen-bond donors (Lipinski definition) is 2.